The van der Waals surface area contributed by atoms with Gasteiger partial charge in [0, 0.05) is 12.6 Å². The lowest BCUT2D eigenvalue weighted by Gasteiger charge is -2.32. The Hall–Kier alpha value is -0.860. The molecule has 2 rings (SSSR count). The van der Waals surface area contributed by atoms with Gasteiger partial charge in [-0.15, -0.1) is 0 Å². The lowest BCUT2D eigenvalue weighted by Crippen LogP contribution is -2.34. The Morgan fingerprint density at radius 2 is 1.67 bits per heavy atom. The van der Waals surface area contributed by atoms with Gasteiger partial charge in [0.15, 0.2) is 0 Å². The van der Waals surface area contributed by atoms with Gasteiger partial charge in [-0.25, -0.2) is 0 Å². The molecule has 1 aliphatic rings. The molecule has 1 aliphatic carbocycles. The summed E-state index contributed by atoms with van der Waals surface area (Å²) in [7, 11) is 2.22. The number of aliphatic hydroxyl groups is 1. The maximum atomic E-state index is 10.6. The van der Waals surface area contributed by atoms with Crippen LogP contribution in [0.4, 0.5) is 0 Å². The van der Waals surface area contributed by atoms with Crippen LogP contribution >= 0.6 is 0 Å². The molecule has 1 fully saturated rings. The fourth-order valence-electron chi connectivity index (χ4n) is 3.89. The predicted octanol–water partition coefficient (Wildman–Crippen LogP) is 4.30. The van der Waals surface area contributed by atoms with E-state index in [2.05, 4.69) is 44.9 Å². The molecule has 0 saturated heterocycles. The van der Waals surface area contributed by atoms with Crippen LogP contribution in [0.25, 0.3) is 0 Å². The molecule has 2 nitrogen and oxygen atoms in total. The van der Waals surface area contributed by atoms with E-state index in [1.54, 1.807) is 0 Å². The Bertz CT molecular complexity index is 440. The molecule has 0 radical (unpaired) electrons. The second-order valence-corrected chi connectivity index (χ2v) is 6.89. The van der Waals surface area contributed by atoms with E-state index in [0.717, 1.165) is 24.6 Å². The average molecular weight is 289 g/mol. The highest BCUT2D eigenvalue weighted by atomic mass is 16.3. The molecule has 1 saturated carbocycles. The van der Waals surface area contributed by atoms with E-state index >= 15 is 0 Å². The summed E-state index contributed by atoms with van der Waals surface area (Å²) in [5.74, 6) is 0. The molecule has 0 heterocycles. The zero-order chi connectivity index (χ0) is 15.4. The second-order valence-electron chi connectivity index (χ2n) is 6.89. The van der Waals surface area contributed by atoms with Crippen LogP contribution in [0.15, 0.2) is 12.1 Å². The summed E-state index contributed by atoms with van der Waals surface area (Å²) in [4.78, 5) is 2.46. The van der Waals surface area contributed by atoms with Crippen LogP contribution in [-0.2, 0) is 0 Å². The summed E-state index contributed by atoms with van der Waals surface area (Å²) in [6.45, 7) is 7.33. The van der Waals surface area contributed by atoms with Gasteiger partial charge in [0.05, 0.1) is 6.10 Å². The third-order valence-corrected chi connectivity index (χ3v) is 5.02. The van der Waals surface area contributed by atoms with Gasteiger partial charge in [-0.1, -0.05) is 37.0 Å². The number of hydrogen-bond donors (Lipinski definition) is 1. The van der Waals surface area contributed by atoms with Crippen LogP contribution < -0.4 is 0 Å². The van der Waals surface area contributed by atoms with Gasteiger partial charge in [0.2, 0.25) is 0 Å². The lowest BCUT2D eigenvalue weighted by molar-refractivity contribution is 0.124. The number of benzene rings is 1. The summed E-state index contributed by atoms with van der Waals surface area (Å²) < 4.78 is 0. The number of aliphatic hydroxyl groups excluding tert-OH is 1. The highest BCUT2D eigenvalue weighted by Crippen LogP contribution is 2.27. The van der Waals surface area contributed by atoms with Crippen molar-refractivity contribution in [2.45, 2.75) is 71.4 Å². The minimum absolute atomic E-state index is 0.336. The molecule has 0 bridgehead atoms. The first-order valence-electron chi connectivity index (χ1n) is 8.45. The van der Waals surface area contributed by atoms with Crippen LogP contribution in [0.5, 0.6) is 0 Å². The predicted molar refractivity (Wildman–Crippen MR) is 89.7 cm³/mol. The van der Waals surface area contributed by atoms with Crippen molar-refractivity contribution in [1.82, 2.24) is 4.90 Å². The van der Waals surface area contributed by atoms with Crippen LogP contribution in [0.1, 0.15) is 66.9 Å². The van der Waals surface area contributed by atoms with Crippen molar-refractivity contribution in [2.24, 2.45) is 0 Å². The van der Waals surface area contributed by atoms with Crippen LogP contribution in [0.2, 0.25) is 0 Å². The maximum absolute atomic E-state index is 10.6. The highest BCUT2D eigenvalue weighted by Gasteiger charge is 2.20. The van der Waals surface area contributed by atoms with Gasteiger partial charge < -0.3 is 10.0 Å². The number of aryl methyl sites for hydroxylation is 3. The lowest BCUT2D eigenvalue weighted by atomic mass is 9.92. The van der Waals surface area contributed by atoms with Crippen LogP contribution in [0, 0.1) is 20.8 Å². The van der Waals surface area contributed by atoms with Gasteiger partial charge in [-0.2, -0.15) is 0 Å². The molecule has 1 unspecified atom stereocenters. The monoisotopic (exact) mass is 289 g/mol. The van der Waals surface area contributed by atoms with Crippen molar-refractivity contribution < 1.29 is 5.11 Å². The summed E-state index contributed by atoms with van der Waals surface area (Å²) in [6, 6.07) is 5.08. The Morgan fingerprint density at radius 3 is 2.24 bits per heavy atom. The third kappa shape index (κ3) is 4.31. The molecule has 118 valence electrons. The molecule has 0 spiro atoms. The fourth-order valence-corrected chi connectivity index (χ4v) is 3.89. The number of nitrogens with zero attached hydrogens (tertiary/aromatic N) is 1. The fraction of sp³-hybridized carbons (Fsp3) is 0.684. The van der Waals surface area contributed by atoms with E-state index < -0.39 is 0 Å². The second kappa shape index (κ2) is 7.42. The molecule has 1 aromatic rings. The quantitative estimate of drug-likeness (QED) is 0.873. The average Bonchev–Trinajstić information content (AvgIpc) is 2.44. The van der Waals surface area contributed by atoms with Crippen molar-refractivity contribution in [3.63, 3.8) is 0 Å². The maximum Gasteiger partial charge on any atom is 0.0807 e. The van der Waals surface area contributed by atoms with Gasteiger partial charge in [0.1, 0.15) is 0 Å². The summed E-state index contributed by atoms with van der Waals surface area (Å²) in [5, 5.41) is 10.6. The van der Waals surface area contributed by atoms with E-state index in [0.29, 0.717) is 0 Å². The molecule has 2 heteroatoms. The highest BCUT2D eigenvalue weighted by molar-refractivity contribution is 5.38. The van der Waals surface area contributed by atoms with Gasteiger partial charge in [0.25, 0.3) is 0 Å². The topological polar surface area (TPSA) is 23.5 Å². The van der Waals surface area contributed by atoms with Crippen molar-refractivity contribution in [3.8, 4) is 0 Å². The van der Waals surface area contributed by atoms with Crippen molar-refractivity contribution in [2.75, 3.05) is 13.6 Å². The molecule has 0 amide bonds. The van der Waals surface area contributed by atoms with Crippen molar-refractivity contribution in [3.05, 3.63) is 34.4 Å². The van der Waals surface area contributed by atoms with Crippen molar-refractivity contribution in [1.29, 1.82) is 0 Å². The molecule has 1 atom stereocenters. The Kier molecular flexibility index (Phi) is 5.83. The van der Waals surface area contributed by atoms with Crippen LogP contribution in [0.3, 0.4) is 0 Å². The van der Waals surface area contributed by atoms with E-state index in [9.17, 15) is 5.11 Å². The first kappa shape index (κ1) is 16.5. The standard InChI is InChI=1S/C19H31NO/c1-14-12-15(2)19(16(3)13-14)18(21)10-11-20(4)17-8-6-5-7-9-17/h12-13,17-18,21H,5-11H2,1-4H3. The zero-order valence-corrected chi connectivity index (χ0v) is 14.2. The third-order valence-electron chi connectivity index (χ3n) is 5.02. The minimum Gasteiger partial charge on any atom is -0.388 e. The first-order chi connectivity index (χ1) is 9.99. The van der Waals surface area contributed by atoms with Crippen molar-refractivity contribution >= 4 is 0 Å². The van der Waals surface area contributed by atoms with E-state index in [1.165, 1.54) is 48.8 Å². The van der Waals surface area contributed by atoms with E-state index in [-0.39, 0.29) is 6.10 Å². The Morgan fingerprint density at radius 1 is 1.10 bits per heavy atom. The first-order valence-corrected chi connectivity index (χ1v) is 8.45. The molecule has 0 aliphatic heterocycles. The Balaban J connectivity index is 1.93. The van der Waals surface area contributed by atoms with Gasteiger partial charge in [-0.3, -0.25) is 0 Å². The molecular weight excluding hydrogens is 258 g/mol. The Labute approximate surface area is 130 Å². The molecule has 21 heavy (non-hydrogen) atoms. The molecule has 1 aromatic carbocycles. The molecular formula is C19H31NO. The summed E-state index contributed by atoms with van der Waals surface area (Å²) >= 11 is 0. The van der Waals surface area contributed by atoms with E-state index in [4.69, 9.17) is 0 Å². The SMILES string of the molecule is Cc1cc(C)c(C(O)CCN(C)C2CCCCC2)c(C)c1. The molecule has 1 N–H and O–H groups in total. The summed E-state index contributed by atoms with van der Waals surface area (Å²) in [5.41, 5.74) is 4.86. The number of rotatable bonds is 5. The smallest absolute Gasteiger partial charge is 0.0807 e. The van der Waals surface area contributed by atoms with Gasteiger partial charge >= 0.3 is 0 Å². The molecule has 0 aromatic heterocycles. The van der Waals surface area contributed by atoms with Crippen LogP contribution in [-0.4, -0.2) is 29.6 Å². The largest absolute Gasteiger partial charge is 0.388 e. The van der Waals surface area contributed by atoms with Gasteiger partial charge in [-0.05, 0) is 63.8 Å². The van der Waals surface area contributed by atoms with E-state index in [1.807, 2.05) is 0 Å². The zero-order valence-electron chi connectivity index (χ0n) is 14.2. The normalized spacial score (nSPS) is 18.2. The summed E-state index contributed by atoms with van der Waals surface area (Å²) in [6.07, 6.45) is 7.29. The minimum atomic E-state index is -0.336. The number of hydrogen-bond acceptors (Lipinski definition) is 2.